The van der Waals surface area contributed by atoms with Crippen LogP contribution in [-0.4, -0.2) is 13.0 Å². The van der Waals surface area contributed by atoms with Crippen molar-refractivity contribution in [2.45, 2.75) is 45.1 Å². The molecule has 0 aromatic heterocycles. The molecule has 3 heteroatoms. The van der Waals surface area contributed by atoms with E-state index in [-0.39, 0.29) is 24.8 Å². The van der Waals surface area contributed by atoms with Crippen LogP contribution in [0.2, 0.25) is 0 Å². The lowest BCUT2D eigenvalue weighted by atomic mass is 9.88. The summed E-state index contributed by atoms with van der Waals surface area (Å²) in [6.45, 7) is 4.09. The summed E-state index contributed by atoms with van der Waals surface area (Å²) in [7, 11) is 1.86. The van der Waals surface area contributed by atoms with Crippen molar-refractivity contribution in [3.8, 4) is 0 Å². The summed E-state index contributed by atoms with van der Waals surface area (Å²) in [4.78, 5) is 0. The molecule has 1 saturated carbocycles. The van der Waals surface area contributed by atoms with Gasteiger partial charge in [0.25, 0.3) is 0 Å². The number of hydrogen-bond acceptors (Lipinski definition) is 1. The maximum Gasteiger partial charge on any atom is 0.248 e. The van der Waals surface area contributed by atoms with Crippen LogP contribution in [0.4, 0.5) is 8.78 Å². The van der Waals surface area contributed by atoms with Gasteiger partial charge in [0.2, 0.25) is 5.92 Å². The van der Waals surface area contributed by atoms with E-state index in [2.05, 4.69) is 23.5 Å². The van der Waals surface area contributed by atoms with Gasteiger partial charge in [-0.25, -0.2) is 8.78 Å². The molecule has 1 aromatic rings. The van der Waals surface area contributed by atoms with Gasteiger partial charge in [0, 0.05) is 18.9 Å². The van der Waals surface area contributed by atoms with Crippen LogP contribution in [0.1, 0.15) is 42.0 Å². The molecular formula is C15H21F2N. The van der Waals surface area contributed by atoms with Crippen LogP contribution < -0.4 is 5.32 Å². The highest BCUT2D eigenvalue weighted by Gasteiger charge is 2.42. The summed E-state index contributed by atoms with van der Waals surface area (Å²) < 4.78 is 26.7. The Hall–Kier alpha value is -0.960. The van der Waals surface area contributed by atoms with Crippen molar-refractivity contribution in [3.63, 3.8) is 0 Å². The Morgan fingerprint density at radius 1 is 1.33 bits per heavy atom. The molecular weight excluding hydrogens is 232 g/mol. The van der Waals surface area contributed by atoms with Crippen LogP contribution in [0.3, 0.4) is 0 Å². The quantitative estimate of drug-likeness (QED) is 0.858. The van der Waals surface area contributed by atoms with Gasteiger partial charge in [-0.1, -0.05) is 23.8 Å². The molecule has 1 aliphatic rings. The zero-order valence-electron chi connectivity index (χ0n) is 11.3. The average molecular weight is 253 g/mol. The molecule has 2 unspecified atom stereocenters. The number of halogens is 2. The van der Waals surface area contributed by atoms with Gasteiger partial charge in [0.1, 0.15) is 0 Å². The Kier molecular flexibility index (Phi) is 3.71. The lowest BCUT2D eigenvalue weighted by Crippen LogP contribution is -2.25. The van der Waals surface area contributed by atoms with E-state index in [1.54, 1.807) is 0 Å². The number of aryl methyl sites for hydroxylation is 2. The van der Waals surface area contributed by atoms with Crippen molar-refractivity contribution < 1.29 is 8.78 Å². The summed E-state index contributed by atoms with van der Waals surface area (Å²) in [5.74, 6) is -2.44. The normalized spacial score (nSPS) is 24.2. The minimum atomic E-state index is -2.47. The maximum absolute atomic E-state index is 13.4. The number of hydrogen-bond donors (Lipinski definition) is 1. The molecule has 0 radical (unpaired) electrons. The van der Waals surface area contributed by atoms with E-state index in [4.69, 9.17) is 0 Å². The molecule has 0 bridgehead atoms. The molecule has 18 heavy (non-hydrogen) atoms. The molecule has 1 nitrogen and oxygen atoms in total. The summed E-state index contributed by atoms with van der Waals surface area (Å²) >= 11 is 0. The van der Waals surface area contributed by atoms with Crippen molar-refractivity contribution in [2.75, 3.05) is 7.05 Å². The first-order valence-electron chi connectivity index (χ1n) is 6.55. The predicted octanol–water partition coefficient (Wildman–Crippen LogP) is 4.00. The average Bonchev–Trinajstić information content (AvgIpc) is 2.65. The zero-order valence-corrected chi connectivity index (χ0v) is 11.3. The van der Waals surface area contributed by atoms with Crippen molar-refractivity contribution in [1.82, 2.24) is 5.32 Å². The van der Waals surface area contributed by atoms with Gasteiger partial charge in [-0.3, -0.25) is 0 Å². The molecule has 1 N–H and O–H groups in total. The first-order chi connectivity index (χ1) is 8.43. The number of rotatable bonds is 3. The highest BCUT2D eigenvalue weighted by molar-refractivity contribution is 5.33. The van der Waals surface area contributed by atoms with E-state index in [1.807, 2.05) is 20.9 Å². The minimum absolute atomic E-state index is 0.00584. The number of nitrogens with one attached hydrogen (secondary N) is 1. The lowest BCUT2D eigenvalue weighted by molar-refractivity contribution is 0.00339. The molecule has 0 amide bonds. The van der Waals surface area contributed by atoms with Gasteiger partial charge < -0.3 is 5.32 Å². The Morgan fingerprint density at radius 2 is 2.06 bits per heavy atom. The van der Waals surface area contributed by atoms with Gasteiger partial charge in [-0.15, -0.1) is 0 Å². The molecule has 1 aliphatic carbocycles. The molecule has 0 spiro atoms. The van der Waals surface area contributed by atoms with Crippen molar-refractivity contribution in [3.05, 3.63) is 34.9 Å². The van der Waals surface area contributed by atoms with Crippen LogP contribution in [-0.2, 0) is 0 Å². The van der Waals surface area contributed by atoms with Crippen LogP contribution in [0.25, 0.3) is 0 Å². The number of benzene rings is 1. The fraction of sp³-hybridized carbons (Fsp3) is 0.600. The Morgan fingerprint density at radius 3 is 2.61 bits per heavy atom. The van der Waals surface area contributed by atoms with Crippen molar-refractivity contribution in [1.29, 1.82) is 0 Å². The zero-order chi connectivity index (χ0) is 13.3. The van der Waals surface area contributed by atoms with Crippen LogP contribution in [0, 0.1) is 19.8 Å². The van der Waals surface area contributed by atoms with E-state index < -0.39 is 5.92 Å². The van der Waals surface area contributed by atoms with E-state index in [9.17, 15) is 8.78 Å². The first kappa shape index (κ1) is 13.5. The second-order valence-corrected chi connectivity index (χ2v) is 5.49. The molecule has 100 valence electrons. The van der Waals surface area contributed by atoms with Gasteiger partial charge in [-0.05, 0) is 44.4 Å². The molecule has 1 fully saturated rings. The largest absolute Gasteiger partial charge is 0.313 e. The monoisotopic (exact) mass is 253 g/mol. The fourth-order valence-electron chi connectivity index (χ4n) is 3.01. The second kappa shape index (κ2) is 4.96. The first-order valence-corrected chi connectivity index (χ1v) is 6.55. The molecule has 2 atom stereocenters. The Bertz CT molecular complexity index is 429. The highest BCUT2D eigenvalue weighted by atomic mass is 19.3. The number of alkyl halides is 2. The fourth-order valence-corrected chi connectivity index (χ4v) is 3.01. The van der Waals surface area contributed by atoms with Crippen molar-refractivity contribution >= 4 is 0 Å². The van der Waals surface area contributed by atoms with E-state index >= 15 is 0 Å². The van der Waals surface area contributed by atoms with E-state index in [1.165, 1.54) is 16.7 Å². The second-order valence-electron chi connectivity index (χ2n) is 5.49. The molecule has 0 heterocycles. The topological polar surface area (TPSA) is 12.0 Å². The third kappa shape index (κ3) is 2.72. The van der Waals surface area contributed by atoms with Gasteiger partial charge in [0.15, 0.2) is 0 Å². The third-order valence-electron chi connectivity index (χ3n) is 3.99. The maximum atomic E-state index is 13.4. The van der Waals surface area contributed by atoms with Gasteiger partial charge in [0.05, 0.1) is 0 Å². The van der Waals surface area contributed by atoms with Crippen LogP contribution >= 0.6 is 0 Å². The predicted molar refractivity (Wildman–Crippen MR) is 70.0 cm³/mol. The molecule has 0 aliphatic heterocycles. The smallest absolute Gasteiger partial charge is 0.248 e. The SMILES string of the molecule is CNC(c1cc(C)ccc1C)C1CCC(F)(F)C1. The van der Waals surface area contributed by atoms with E-state index in [0.29, 0.717) is 6.42 Å². The summed E-state index contributed by atoms with van der Waals surface area (Å²) in [5, 5.41) is 3.23. The molecule has 2 rings (SSSR count). The van der Waals surface area contributed by atoms with Gasteiger partial charge >= 0.3 is 0 Å². The van der Waals surface area contributed by atoms with Crippen molar-refractivity contribution in [2.24, 2.45) is 5.92 Å². The van der Waals surface area contributed by atoms with Crippen LogP contribution in [0.15, 0.2) is 18.2 Å². The highest BCUT2D eigenvalue weighted by Crippen LogP contribution is 2.44. The molecule has 0 saturated heterocycles. The standard InChI is InChI=1S/C15H21F2N/c1-10-4-5-11(2)13(8-10)14(18-3)12-6-7-15(16,17)9-12/h4-5,8,12,14,18H,6-7,9H2,1-3H3. The lowest BCUT2D eigenvalue weighted by Gasteiger charge is -2.25. The summed E-state index contributed by atoms with van der Waals surface area (Å²) in [6, 6.07) is 6.29. The summed E-state index contributed by atoms with van der Waals surface area (Å²) in [5.41, 5.74) is 3.52. The van der Waals surface area contributed by atoms with Gasteiger partial charge in [-0.2, -0.15) is 0 Å². The Balaban J connectivity index is 2.26. The third-order valence-corrected chi connectivity index (χ3v) is 3.99. The van der Waals surface area contributed by atoms with E-state index in [0.717, 1.165) is 0 Å². The molecule has 1 aromatic carbocycles. The Labute approximate surface area is 108 Å². The minimum Gasteiger partial charge on any atom is -0.313 e. The van der Waals surface area contributed by atoms with Crippen LogP contribution in [0.5, 0.6) is 0 Å². The summed E-state index contributed by atoms with van der Waals surface area (Å²) in [6.07, 6.45) is 0.637.